The Hall–Kier alpha value is -2.08. The second kappa shape index (κ2) is 12.1. The van der Waals surface area contributed by atoms with Crippen molar-refractivity contribution >= 4 is 17.7 Å². The molecule has 1 aromatic rings. The van der Waals surface area contributed by atoms with E-state index in [1.54, 1.807) is 0 Å². The maximum atomic E-state index is 12.4. The van der Waals surface area contributed by atoms with Gasteiger partial charge in [-0.05, 0) is 63.8 Å². The number of rotatable bonds is 11. The van der Waals surface area contributed by atoms with E-state index in [0.29, 0.717) is 19.5 Å². The molecule has 0 saturated carbocycles. The average molecular weight is 433 g/mol. The first kappa shape index (κ1) is 25.2. The lowest BCUT2D eigenvalue weighted by molar-refractivity contribution is -0.141. The summed E-state index contributed by atoms with van der Waals surface area (Å²) in [4.78, 5) is 25.8. The largest absolute Gasteiger partial charge is 0.481 e. The molecule has 0 bridgehead atoms. The molecule has 1 aromatic carbocycles. The summed E-state index contributed by atoms with van der Waals surface area (Å²) in [6.45, 7) is 9.82. The van der Waals surface area contributed by atoms with Crippen molar-refractivity contribution in [1.82, 2.24) is 4.90 Å². The predicted molar refractivity (Wildman–Crippen MR) is 124 cm³/mol. The van der Waals surface area contributed by atoms with E-state index in [2.05, 4.69) is 29.3 Å². The molecule has 6 heteroatoms. The summed E-state index contributed by atoms with van der Waals surface area (Å²) in [7, 11) is 0. The van der Waals surface area contributed by atoms with Crippen LogP contribution in [0.15, 0.2) is 18.2 Å². The SMILES string of the molecule is CCCCCCCCc1ccc(CN2CCC(C(=O)O)C2)cc1NC(=O)OC(C)(C)C. The second-order valence-electron chi connectivity index (χ2n) is 9.70. The number of hydrogen-bond acceptors (Lipinski definition) is 4. The van der Waals surface area contributed by atoms with E-state index >= 15 is 0 Å². The van der Waals surface area contributed by atoms with Gasteiger partial charge >= 0.3 is 12.1 Å². The lowest BCUT2D eigenvalue weighted by Gasteiger charge is -2.21. The van der Waals surface area contributed by atoms with Gasteiger partial charge in [-0.15, -0.1) is 0 Å². The van der Waals surface area contributed by atoms with Crippen molar-refractivity contribution in [2.45, 2.75) is 91.2 Å². The van der Waals surface area contributed by atoms with Gasteiger partial charge in [0.15, 0.2) is 0 Å². The third-order valence-electron chi connectivity index (χ3n) is 5.64. The number of aryl methyl sites for hydroxylation is 1. The molecule has 1 amide bonds. The number of likely N-dealkylation sites (tertiary alicyclic amines) is 1. The van der Waals surface area contributed by atoms with Crippen molar-refractivity contribution in [2.75, 3.05) is 18.4 Å². The lowest BCUT2D eigenvalue weighted by atomic mass is 10.0. The van der Waals surface area contributed by atoms with Crippen LogP contribution >= 0.6 is 0 Å². The summed E-state index contributed by atoms with van der Waals surface area (Å²) < 4.78 is 5.45. The van der Waals surface area contributed by atoms with Crippen molar-refractivity contribution in [1.29, 1.82) is 0 Å². The number of unbranched alkanes of at least 4 members (excludes halogenated alkanes) is 5. The van der Waals surface area contributed by atoms with Gasteiger partial charge in [0.2, 0.25) is 0 Å². The number of nitrogens with zero attached hydrogens (tertiary/aromatic N) is 1. The highest BCUT2D eigenvalue weighted by Crippen LogP contribution is 2.25. The number of benzene rings is 1. The highest BCUT2D eigenvalue weighted by Gasteiger charge is 2.28. The molecule has 2 rings (SSSR count). The topological polar surface area (TPSA) is 78.9 Å². The van der Waals surface area contributed by atoms with Crippen LogP contribution in [0.5, 0.6) is 0 Å². The first-order valence-electron chi connectivity index (χ1n) is 11.7. The van der Waals surface area contributed by atoms with Gasteiger partial charge < -0.3 is 9.84 Å². The van der Waals surface area contributed by atoms with E-state index in [9.17, 15) is 14.7 Å². The first-order valence-corrected chi connectivity index (χ1v) is 11.7. The number of ether oxygens (including phenoxy) is 1. The number of anilines is 1. The molecular formula is C25H40N2O4. The lowest BCUT2D eigenvalue weighted by Crippen LogP contribution is -2.27. The zero-order chi connectivity index (χ0) is 22.9. The summed E-state index contributed by atoms with van der Waals surface area (Å²) >= 11 is 0. The van der Waals surface area contributed by atoms with Gasteiger partial charge in [0.1, 0.15) is 5.60 Å². The summed E-state index contributed by atoms with van der Waals surface area (Å²) in [5, 5.41) is 12.2. The van der Waals surface area contributed by atoms with Crippen LogP contribution in [0.2, 0.25) is 0 Å². The molecule has 0 radical (unpaired) electrons. The van der Waals surface area contributed by atoms with E-state index in [-0.39, 0.29) is 5.92 Å². The quantitative estimate of drug-likeness (QED) is 0.429. The fourth-order valence-electron chi connectivity index (χ4n) is 4.00. The van der Waals surface area contributed by atoms with Gasteiger partial charge in [0, 0.05) is 18.8 Å². The first-order chi connectivity index (χ1) is 14.7. The van der Waals surface area contributed by atoms with Crippen LogP contribution in [-0.2, 0) is 22.5 Å². The maximum absolute atomic E-state index is 12.4. The minimum absolute atomic E-state index is 0.286. The molecule has 1 aliphatic heterocycles. The molecule has 1 heterocycles. The smallest absolute Gasteiger partial charge is 0.412 e. The number of carbonyl (C=O) groups excluding carboxylic acids is 1. The second-order valence-corrected chi connectivity index (χ2v) is 9.70. The van der Waals surface area contributed by atoms with Crippen molar-refractivity contribution in [3.63, 3.8) is 0 Å². The third-order valence-corrected chi connectivity index (χ3v) is 5.64. The van der Waals surface area contributed by atoms with Crippen LogP contribution < -0.4 is 5.32 Å². The molecule has 31 heavy (non-hydrogen) atoms. The normalized spacial score (nSPS) is 17.0. The zero-order valence-electron chi connectivity index (χ0n) is 19.7. The summed E-state index contributed by atoms with van der Waals surface area (Å²) in [6.07, 6.45) is 8.52. The Morgan fingerprint density at radius 1 is 1.16 bits per heavy atom. The number of carboxylic acid groups (broad SMARTS) is 1. The number of hydrogen-bond donors (Lipinski definition) is 2. The molecule has 0 aliphatic carbocycles. The molecule has 6 nitrogen and oxygen atoms in total. The Balaban J connectivity index is 2.03. The third kappa shape index (κ3) is 9.30. The number of carboxylic acids is 1. The highest BCUT2D eigenvalue weighted by atomic mass is 16.6. The minimum atomic E-state index is -0.718. The van der Waals surface area contributed by atoms with Gasteiger partial charge in [-0.1, -0.05) is 51.2 Å². The molecule has 1 aliphatic rings. The van der Waals surface area contributed by atoms with Crippen molar-refractivity contribution in [2.24, 2.45) is 5.92 Å². The van der Waals surface area contributed by atoms with E-state index in [0.717, 1.165) is 36.2 Å². The van der Waals surface area contributed by atoms with Crippen LogP contribution in [0.3, 0.4) is 0 Å². The molecule has 1 atom stereocenters. The molecule has 0 aromatic heterocycles. The highest BCUT2D eigenvalue weighted by molar-refractivity contribution is 5.86. The van der Waals surface area contributed by atoms with Crippen LogP contribution in [0, 0.1) is 5.92 Å². The van der Waals surface area contributed by atoms with Crippen LogP contribution in [0.1, 0.15) is 83.8 Å². The Labute approximate surface area is 187 Å². The zero-order valence-corrected chi connectivity index (χ0v) is 19.7. The minimum Gasteiger partial charge on any atom is -0.481 e. The Bertz CT molecular complexity index is 727. The van der Waals surface area contributed by atoms with Crippen molar-refractivity contribution < 1.29 is 19.4 Å². The molecular weight excluding hydrogens is 392 g/mol. The molecule has 174 valence electrons. The van der Waals surface area contributed by atoms with Gasteiger partial charge in [0.25, 0.3) is 0 Å². The molecule has 2 N–H and O–H groups in total. The van der Waals surface area contributed by atoms with Gasteiger partial charge in [-0.2, -0.15) is 0 Å². The van der Waals surface area contributed by atoms with Crippen molar-refractivity contribution in [3.05, 3.63) is 29.3 Å². The number of nitrogens with one attached hydrogen (secondary N) is 1. The van der Waals surface area contributed by atoms with E-state index < -0.39 is 17.7 Å². The van der Waals surface area contributed by atoms with Gasteiger partial charge in [-0.25, -0.2) is 4.79 Å². The van der Waals surface area contributed by atoms with Crippen LogP contribution in [0.25, 0.3) is 0 Å². The predicted octanol–water partition coefficient (Wildman–Crippen LogP) is 5.84. The standard InChI is InChI=1S/C25H40N2O4/c1-5-6-7-8-9-10-11-20-13-12-19(17-27-15-14-21(18-27)23(28)29)16-22(20)26-24(30)31-25(2,3)4/h12-13,16,21H,5-11,14-15,17-18H2,1-4H3,(H,26,30)(H,28,29). The van der Waals surface area contributed by atoms with Crippen molar-refractivity contribution in [3.8, 4) is 0 Å². The molecule has 1 saturated heterocycles. The molecule has 0 spiro atoms. The van der Waals surface area contributed by atoms with Crippen LogP contribution in [-0.4, -0.2) is 40.8 Å². The Morgan fingerprint density at radius 3 is 2.52 bits per heavy atom. The maximum Gasteiger partial charge on any atom is 0.412 e. The molecule has 1 unspecified atom stereocenters. The summed E-state index contributed by atoms with van der Waals surface area (Å²) in [5.41, 5.74) is 2.44. The van der Waals surface area contributed by atoms with E-state index in [1.165, 1.54) is 32.1 Å². The van der Waals surface area contributed by atoms with Gasteiger partial charge in [-0.3, -0.25) is 15.0 Å². The monoisotopic (exact) mass is 432 g/mol. The van der Waals surface area contributed by atoms with E-state index in [4.69, 9.17) is 4.74 Å². The molecule has 1 fully saturated rings. The van der Waals surface area contributed by atoms with E-state index in [1.807, 2.05) is 26.8 Å². The van der Waals surface area contributed by atoms with Crippen LogP contribution in [0.4, 0.5) is 10.5 Å². The van der Waals surface area contributed by atoms with Gasteiger partial charge in [0.05, 0.1) is 5.92 Å². The number of aliphatic carboxylic acids is 1. The fourth-order valence-corrected chi connectivity index (χ4v) is 4.00. The summed E-state index contributed by atoms with van der Waals surface area (Å²) in [6, 6.07) is 6.21. The average Bonchev–Trinajstić information content (AvgIpc) is 3.13. The fraction of sp³-hybridized carbons (Fsp3) is 0.680. The summed E-state index contributed by atoms with van der Waals surface area (Å²) in [5.74, 6) is -1.00. The number of amides is 1. The Kier molecular flexibility index (Phi) is 9.82. The number of carbonyl (C=O) groups is 2. The Morgan fingerprint density at radius 2 is 1.87 bits per heavy atom.